The Morgan fingerprint density at radius 1 is 1.27 bits per heavy atom. The highest BCUT2D eigenvalue weighted by Crippen LogP contribution is 2.57. The maximum atomic E-state index is 11.0. The van der Waals surface area contributed by atoms with Crippen molar-refractivity contribution in [3.8, 4) is 0 Å². The highest BCUT2D eigenvalue weighted by Gasteiger charge is 2.58. The van der Waals surface area contributed by atoms with Gasteiger partial charge in [-0.05, 0) is 82.6 Å². The molecule has 3 unspecified atom stereocenters. The molecule has 4 saturated carbocycles. The second-order valence-corrected chi connectivity index (χ2v) is 9.55. The van der Waals surface area contributed by atoms with Gasteiger partial charge in [0.25, 0.3) is 6.02 Å². The fourth-order valence-electron chi connectivity index (χ4n) is 6.69. The number of aliphatic hydroxyl groups is 1. The number of ether oxygens (including phenoxy) is 2. The van der Waals surface area contributed by atoms with Crippen molar-refractivity contribution in [2.45, 2.75) is 88.7 Å². The zero-order valence-electron chi connectivity index (χ0n) is 16.0. The van der Waals surface area contributed by atoms with Gasteiger partial charge in [-0.3, -0.25) is 0 Å². The zero-order chi connectivity index (χ0) is 17.9. The van der Waals surface area contributed by atoms with E-state index >= 15 is 0 Å². The zero-order valence-corrected chi connectivity index (χ0v) is 16.0. The summed E-state index contributed by atoms with van der Waals surface area (Å²) in [5.41, 5.74) is -0.409. The van der Waals surface area contributed by atoms with Crippen LogP contribution in [0.25, 0.3) is 0 Å². The third-order valence-electron chi connectivity index (χ3n) is 7.21. The summed E-state index contributed by atoms with van der Waals surface area (Å²) in [4.78, 5) is 7.11. The van der Waals surface area contributed by atoms with Gasteiger partial charge in [-0.2, -0.15) is 0 Å². The third kappa shape index (κ3) is 2.78. The second kappa shape index (κ2) is 6.23. The predicted octanol–water partition coefficient (Wildman–Crippen LogP) is 3.08. The molecule has 0 aromatic heterocycles. The summed E-state index contributed by atoms with van der Waals surface area (Å²) in [5.74, 6) is 1.80. The van der Waals surface area contributed by atoms with Crippen molar-refractivity contribution in [1.82, 2.24) is 4.90 Å². The lowest BCUT2D eigenvalue weighted by Crippen LogP contribution is -2.66. The molecule has 0 spiro atoms. The molecule has 4 aliphatic carbocycles. The topological polar surface area (TPSA) is 54.3 Å². The van der Waals surface area contributed by atoms with Crippen LogP contribution in [0.3, 0.4) is 0 Å². The smallest absolute Gasteiger partial charge is 0.293 e. The molecule has 6 rings (SSSR count). The summed E-state index contributed by atoms with van der Waals surface area (Å²) in [6.07, 6.45) is 12.1. The number of amidine groups is 1. The number of hydrogen-bond acceptors (Lipinski definition) is 5. The van der Waals surface area contributed by atoms with Crippen LogP contribution in [0.2, 0.25) is 0 Å². The maximum Gasteiger partial charge on any atom is 0.293 e. The molecule has 26 heavy (non-hydrogen) atoms. The Labute approximate surface area is 156 Å². The summed E-state index contributed by atoms with van der Waals surface area (Å²) in [5, 5.41) is 11.0. The number of rotatable bonds is 3. The standard InChI is InChI=1S/C21H32N2O3/c1-13(2)26-20-22-6-5-17(18-4-3-7-25-18)23(20)19-15-8-14-9-16(19)12-21(24,10-14)11-15/h5-6,13-19,24H,3-4,7-12H2,1-2H3/t14?,15?,16?,17?,18-,19-,21+/m0/s1. The first-order chi connectivity index (χ1) is 12.5. The molecule has 0 aromatic carbocycles. The van der Waals surface area contributed by atoms with Crippen LogP contribution in [0, 0.1) is 17.8 Å². The molecule has 4 atom stereocenters. The molecule has 1 saturated heterocycles. The minimum Gasteiger partial charge on any atom is -0.462 e. The summed E-state index contributed by atoms with van der Waals surface area (Å²) < 4.78 is 12.3. The van der Waals surface area contributed by atoms with Gasteiger partial charge in [-0.25, -0.2) is 4.99 Å². The molecule has 6 aliphatic rings. The molecule has 5 nitrogen and oxygen atoms in total. The Bertz CT molecular complexity index is 594. The molecule has 2 heterocycles. The van der Waals surface area contributed by atoms with Crippen LogP contribution < -0.4 is 0 Å². The molecule has 4 bridgehead atoms. The van der Waals surface area contributed by atoms with Gasteiger partial charge in [-0.1, -0.05) is 0 Å². The minimum absolute atomic E-state index is 0.105. The first kappa shape index (κ1) is 17.1. The van der Waals surface area contributed by atoms with Gasteiger partial charge < -0.3 is 19.5 Å². The first-order valence-corrected chi connectivity index (χ1v) is 10.6. The van der Waals surface area contributed by atoms with Gasteiger partial charge in [-0.15, -0.1) is 0 Å². The average molecular weight is 360 g/mol. The maximum absolute atomic E-state index is 11.0. The van der Waals surface area contributed by atoms with Gasteiger partial charge in [0.05, 0.1) is 23.9 Å². The lowest BCUT2D eigenvalue weighted by Gasteiger charge is -2.61. The minimum atomic E-state index is -0.409. The van der Waals surface area contributed by atoms with E-state index in [2.05, 4.69) is 29.8 Å². The molecular formula is C21H32N2O3. The SMILES string of the molecule is CC(C)OC1=NC=CC([C@@H]2CCCO2)N1[C@H]1C2CC3CC1C[C@@](O)(C3)C2. The van der Waals surface area contributed by atoms with E-state index in [9.17, 15) is 5.11 Å². The van der Waals surface area contributed by atoms with Crippen molar-refractivity contribution in [1.29, 1.82) is 0 Å². The Balaban J connectivity index is 1.48. The molecule has 144 valence electrons. The van der Waals surface area contributed by atoms with E-state index < -0.39 is 5.60 Å². The van der Waals surface area contributed by atoms with Crippen LogP contribution in [0.5, 0.6) is 0 Å². The summed E-state index contributed by atoms with van der Waals surface area (Å²) in [6.45, 7) is 5.00. The molecule has 0 aromatic rings. The summed E-state index contributed by atoms with van der Waals surface area (Å²) >= 11 is 0. The van der Waals surface area contributed by atoms with E-state index in [1.54, 1.807) is 0 Å². The lowest BCUT2D eigenvalue weighted by atomic mass is 9.52. The van der Waals surface area contributed by atoms with Crippen LogP contribution >= 0.6 is 0 Å². The van der Waals surface area contributed by atoms with Crippen LogP contribution in [-0.4, -0.2) is 52.5 Å². The summed E-state index contributed by atoms with van der Waals surface area (Å²) in [7, 11) is 0. The first-order valence-electron chi connectivity index (χ1n) is 10.6. The highest BCUT2D eigenvalue weighted by atomic mass is 16.5. The van der Waals surface area contributed by atoms with Crippen molar-refractivity contribution in [3.63, 3.8) is 0 Å². The van der Waals surface area contributed by atoms with Crippen LogP contribution in [0.4, 0.5) is 0 Å². The van der Waals surface area contributed by atoms with Crippen molar-refractivity contribution in [2.75, 3.05) is 6.61 Å². The highest BCUT2D eigenvalue weighted by molar-refractivity contribution is 5.77. The Morgan fingerprint density at radius 3 is 2.65 bits per heavy atom. The van der Waals surface area contributed by atoms with E-state index in [0.29, 0.717) is 23.8 Å². The normalized spacial score (nSPS) is 46.9. The van der Waals surface area contributed by atoms with Gasteiger partial charge in [0.15, 0.2) is 0 Å². The van der Waals surface area contributed by atoms with E-state index in [1.165, 1.54) is 12.8 Å². The van der Waals surface area contributed by atoms with Gasteiger partial charge in [0, 0.05) is 18.8 Å². The lowest BCUT2D eigenvalue weighted by molar-refractivity contribution is -0.160. The molecule has 2 aliphatic heterocycles. The van der Waals surface area contributed by atoms with Crippen molar-refractivity contribution < 1.29 is 14.6 Å². The van der Waals surface area contributed by atoms with Crippen LogP contribution in [-0.2, 0) is 9.47 Å². The average Bonchev–Trinajstić information content (AvgIpc) is 3.07. The third-order valence-corrected chi connectivity index (χ3v) is 7.21. The van der Waals surface area contributed by atoms with Gasteiger partial charge in [0.2, 0.25) is 0 Å². The van der Waals surface area contributed by atoms with E-state index in [0.717, 1.165) is 44.7 Å². The quantitative estimate of drug-likeness (QED) is 0.840. The molecule has 1 N–H and O–H groups in total. The Kier molecular flexibility index (Phi) is 4.09. The largest absolute Gasteiger partial charge is 0.462 e. The monoisotopic (exact) mass is 360 g/mol. The fourth-order valence-corrected chi connectivity index (χ4v) is 6.69. The molecule has 5 heteroatoms. The molecular weight excluding hydrogens is 328 g/mol. The Hall–Kier alpha value is -1.07. The van der Waals surface area contributed by atoms with Gasteiger partial charge >= 0.3 is 0 Å². The number of hydrogen-bond donors (Lipinski definition) is 1. The van der Waals surface area contributed by atoms with Gasteiger partial charge in [0.1, 0.15) is 0 Å². The van der Waals surface area contributed by atoms with Crippen molar-refractivity contribution in [3.05, 3.63) is 12.3 Å². The molecule has 0 amide bonds. The fraction of sp³-hybridized carbons (Fsp3) is 0.857. The molecule has 0 radical (unpaired) electrons. The van der Waals surface area contributed by atoms with E-state index in [4.69, 9.17) is 9.47 Å². The number of nitrogens with zero attached hydrogens (tertiary/aromatic N) is 2. The van der Waals surface area contributed by atoms with Crippen molar-refractivity contribution >= 4 is 6.02 Å². The molecule has 5 fully saturated rings. The number of aliphatic imine (C=N–C) groups is 1. The van der Waals surface area contributed by atoms with Crippen molar-refractivity contribution in [2.24, 2.45) is 22.7 Å². The van der Waals surface area contributed by atoms with Crippen LogP contribution in [0.15, 0.2) is 17.3 Å². The Morgan fingerprint density at radius 2 is 2.04 bits per heavy atom. The second-order valence-electron chi connectivity index (χ2n) is 9.55. The summed E-state index contributed by atoms with van der Waals surface area (Å²) in [6, 6.07) is 1.40. The van der Waals surface area contributed by atoms with E-state index in [1.807, 2.05) is 6.20 Å². The van der Waals surface area contributed by atoms with Crippen LogP contribution in [0.1, 0.15) is 58.8 Å². The predicted molar refractivity (Wildman–Crippen MR) is 99.7 cm³/mol. The van der Waals surface area contributed by atoms with E-state index in [-0.39, 0.29) is 18.2 Å².